The van der Waals surface area contributed by atoms with Crippen molar-refractivity contribution in [3.63, 3.8) is 0 Å². The lowest BCUT2D eigenvalue weighted by molar-refractivity contribution is 0.136. The van der Waals surface area contributed by atoms with Crippen molar-refractivity contribution in [3.05, 3.63) is 76.4 Å². The summed E-state index contributed by atoms with van der Waals surface area (Å²) < 4.78 is 53.7. The molecule has 2 aliphatic rings. The summed E-state index contributed by atoms with van der Waals surface area (Å²) in [6, 6.07) is 5.45. The molecular formula is C20H15F4N3O. The Labute approximate surface area is 158 Å². The van der Waals surface area contributed by atoms with Crippen LogP contribution in [0, 0.1) is 23.3 Å². The van der Waals surface area contributed by atoms with Crippen molar-refractivity contribution in [1.29, 1.82) is 0 Å². The van der Waals surface area contributed by atoms with E-state index in [4.69, 9.17) is 0 Å². The topological polar surface area (TPSA) is 35.9 Å². The third-order valence-electron chi connectivity index (χ3n) is 4.68. The van der Waals surface area contributed by atoms with Gasteiger partial charge in [-0.25, -0.2) is 27.4 Å². The molecule has 28 heavy (non-hydrogen) atoms. The largest absolute Gasteiger partial charge is 0.341 e. The highest BCUT2D eigenvalue weighted by Gasteiger charge is 2.35. The van der Waals surface area contributed by atoms with E-state index in [-0.39, 0.29) is 18.7 Å². The zero-order valence-corrected chi connectivity index (χ0v) is 14.6. The fraction of sp³-hybridized carbons (Fsp3) is 0.200. The van der Waals surface area contributed by atoms with E-state index in [1.807, 2.05) is 0 Å². The van der Waals surface area contributed by atoms with Gasteiger partial charge in [0.15, 0.2) is 0 Å². The van der Waals surface area contributed by atoms with Crippen LogP contribution < -0.4 is 0 Å². The Morgan fingerprint density at radius 3 is 2.39 bits per heavy atom. The van der Waals surface area contributed by atoms with Gasteiger partial charge in [-0.1, -0.05) is 0 Å². The molecule has 2 amide bonds. The van der Waals surface area contributed by atoms with Crippen LogP contribution in [0.15, 0.2) is 47.1 Å². The van der Waals surface area contributed by atoms with Gasteiger partial charge in [-0.15, -0.1) is 0 Å². The third-order valence-corrected chi connectivity index (χ3v) is 4.68. The molecule has 2 aromatic carbocycles. The van der Waals surface area contributed by atoms with Gasteiger partial charge < -0.3 is 4.90 Å². The normalized spacial score (nSPS) is 18.4. The SMILES string of the molecule is O=C(N1CC(=Cc2ccc(F)cc2F)C1)N1N=CCC1c1cc(F)cc(F)c1. The number of benzene rings is 2. The average molecular weight is 389 g/mol. The fourth-order valence-electron chi connectivity index (χ4n) is 3.30. The lowest BCUT2D eigenvalue weighted by Gasteiger charge is -2.37. The minimum Gasteiger partial charge on any atom is -0.315 e. The Kier molecular flexibility index (Phi) is 4.62. The van der Waals surface area contributed by atoms with E-state index in [0.717, 1.165) is 17.7 Å². The van der Waals surface area contributed by atoms with Gasteiger partial charge >= 0.3 is 6.03 Å². The van der Waals surface area contributed by atoms with E-state index in [0.29, 0.717) is 12.0 Å². The van der Waals surface area contributed by atoms with Crippen molar-refractivity contribution < 1.29 is 22.4 Å². The number of hydrogen-bond acceptors (Lipinski definition) is 2. The standard InChI is InChI=1S/C20H15F4N3O/c21-15-2-1-13(18(24)9-15)5-12-10-26(11-12)20(28)27-19(3-4-25-27)14-6-16(22)8-17(23)7-14/h1-2,4-9,19H,3,10-11H2. The number of amides is 2. The first-order valence-corrected chi connectivity index (χ1v) is 8.62. The van der Waals surface area contributed by atoms with Crippen LogP contribution >= 0.6 is 0 Å². The molecule has 0 radical (unpaired) electrons. The van der Waals surface area contributed by atoms with Gasteiger partial charge in [-0.3, -0.25) is 0 Å². The Balaban J connectivity index is 1.45. The Bertz CT molecular complexity index is 977. The van der Waals surface area contributed by atoms with E-state index in [2.05, 4.69) is 5.10 Å². The van der Waals surface area contributed by atoms with Gasteiger partial charge in [0.25, 0.3) is 0 Å². The summed E-state index contributed by atoms with van der Waals surface area (Å²) in [5.41, 5.74) is 1.37. The van der Waals surface area contributed by atoms with E-state index in [1.165, 1.54) is 40.4 Å². The average Bonchev–Trinajstić information content (AvgIpc) is 3.07. The second kappa shape index (κ2) is 7.10. The van der Waals surface area contributed by atoms with Crippen LogP contribution in [0.3, 0.4) is 0 Å². The number of nitrogens with zero attached hydrogens (tertiary/aromatic N) is 3. The van der Waals surface area contributed by atoms with Crippen LogP contribution in [0.25, 0.3) is 6.08 Å². The molecule has 1 fully saturated rings. The van der Waals surface area contributed by atoms with Crippen LogP contribution in [0.1, 0.15) is 23.6 Å². The van der Waals surface area contributed by atoms with Crippen molar-refractivity contribution >= 4 is 18.3 Å². The highest BCUT2D eigenvalue weighted by molar-refractivity contribution is 5.80. The number of urea groups is 1. The first-order valence-electron chi connectivity index (χ1n) is 8.62. The summed E-state index contributed by atoms with van der Waals surface area (Å²) in [5, 5.41) is 5.24. The minimum atomic E-state index is -0.718. The van der Waals surface area contributed by atoms with Crippen molar-refractivity contribution in [2.75, 3.05) is 13.1 Å². The van der Waals surface area contributed by atoms with Crippen LogP contribution in [-0.4, -0.2) is 35.2 Å². The summed E-state index contributed by atoms with van der Waals surface area (Å²) in [6.45, 7) is 0.539. The molecule has 1 saturated heterocycles. The molecule has 2 aliphatic heterocycles. The quantitative estimate of drug-likeness (QED) is 0.697. The van der Waals surface area contributed by atoms with Crippen molar-refractivity contribution in [3.8, 4) is 0 Å². The molecule has 2 aromatic rings. The first kappa shape index (κ1) is 18.2. The first-order chi connectivity index (χ1) is 13.4. The van der Waals surface area contributed by atoms with Crippen LogP contribution in [-0.2, 0) is 0 Å². The molecule has 0 spiro atoms. The lowest BCUT2D eigenvalue weighted by Crippen LogP contribution is -2.49. The minimum absolute atomic E-state index is 0.246. The molecular weight excluding hydrogens is 374 g/mol. The third kappa shape index (κ3) is 3.49. The lowest BCUT2D eigenvalue weighted by atomic mass is 10.0. The highest BCUT2D eigenvalue weighted by atomic mass is 19.1. The number of likely N-dealkylation sites (tertiary alicyclic amines) is 1. The Morgan fingerprint density at radius 1 is 1.00 bits per heavy atom. The summed E-state index contributed by atoms with van der Waals surface area (Å²) >= 11 is 0. The predicted octanol–water partition coefficient (Wildman–Crippen LogP) is 4.49. The van der Waals surface area contributed by atoms with Crippen molar-refractivity contribution in [2.24, 2.45) is 5.10 Å². The number of hydrazone groups is 1. The Hall–Kier alpha value is -3.16. The van der Waals surface area contributed by atoms with E-state index in [9.17, 15) is 22.4 Å². The fourth-order valence-corrected chi connectivity index (χ4v) is 3.30. The van der Waals surface area contributed by atoms with E-state index < -0.39 is 35.3 Å². The molecule has 4 rings (SSSR count). The monoisotopic (exact) mass is 389 g/mol. The van der Waals surface area contributed by atoms with Gasteiger partial charge in [-0.2, -0.15) is 5.10 Å². The molecule has 144 valence electrons. The van der Waals surface area contributed by atoms with E-state index >= 15 is 0 Å². The summed E-state index contributed by atoms with van der Waals surface area (Å²) in [5.74, 6) is -2.76. The molecule has 8 heteroatoms. The zero-order chi connectivity index (χ0) is 19.8. The summed E-state index contributed by atoms with van der Waals surface area (Å²) in [7, 11) is 0. The van der Waals surface area contributed by atoms with Gasteiger partial charge in [0, 0.05) is 43.4 Å². The summed E-state index contributed by atoms with van der Waals surface area (Å²) in [6.07, 6.45) is 3.45. The van der Waals surface area contributed by atoms with E-state index in [1.54, 1.807) is 6.08 Å². The number of carbonyl (C=O) groups is 1. The van der Waals surface area contributed by atoms with Gasteiger partial charge in [0.2, 0.25) is 0 Å². The van der Waals surface area contributed by atoms with Crippen LogP contribution in [0.5, 0.6) is 0 Å². The van der Waals surface area contributed by atoms with Crippen molar-refractivity contribution in [1.82, 2.24) is 9.91 Å². The molecule has 0 saturated carbocycles. The predicted molar refractivity (Wildman–Crippen MR) is 95.4 cm³/mol. The zero-order valence-electron chi connectivity index (χ0n) is 14.6. The molecule has 0 aromatic heterocycles. The second-order valence-electron chi connectivity index (χ2n) is 6.70. The van der Waals surface area contributed by atoms with Gasteiger partial charge in [0.05, 0.1) is 6.04 Å². The number of hydrogen-bond donors (Lipinski definition) is 0. The number of halogens is 4. The molecule has 2 heterocycles. The van der Waals surface area contributed by atoms with Gasteiger partial charge in [-0.05, 0) is 41.5 Å². The smallest absolute Gasteiger partial charge is 0.315 e. The van der Waals surface area contributed by atoms with Crippen molar-refractivity contribution in [2.45, 2.75) is 12.5 Å². The molecule has 0 aliphatic carbocycles. The molecule has 1 unspecified atom stereocenters. The second-order valence-corrected chi connectivity index (χ2v) is 6.70. The molecule has 0 N–H and O–H groups in total. The van der Waals surface area contributed by atoms with Gasteiger partial charge in [0.1, 0.15) is 23.3 Å². The highest BCUT2D eigenvalue weighted by Crippen LogP contribution is 2.32. The molecule has 1 atom stereocenters. The number of carbonyl (C=O) groups excluding carboxylic acids is 1. The van der Waals surface area contributed by atoms with Crippen LogP contribution in [0.4, 0.5) is 22.4 Å². The maximum Gasteiger partial charge on any atom is 0.341 e. The summed E-state index contributed by atoms with van der Waals surface area (Å²) in [4.78, 5) is 14.2. The molecule has 0 bridgehead atoms. The van der Waals surface area contributed by atoms with Crippen LogP contribution in [0.2, 0.25) is 0 Å². The Morgan fingerprint density at radius 2 is 1.71 bits per heavy atom. The maximum absolute atomic E-state index is 13.7. The molecule has 4 nitrogen and oxygen atoms in total. The number of rotatable bonds is 2. The maximum atomic E-state index is 13.7.